The summed E-state index contributed by atoms with van der Waals surface area (Å²) in [5.41, 5.74) is -0.527. The molecule has 1 saturated heterocycles. The smallest absolute Gasteiger partial charge is 0.316 e. The van der Waals surface area contributed by atoms with E-state index >= 15 is 0 Å². The maximum atomic E-state index is 11.8. The quantitative estimate of drug-likeness (QED) is 0.525. The second-order valence-electron chi connectivity index (χ2n) is 4.68. The minimum Gasteiger partial charge on any atom is -0.457 e. The molecule has 2 aliphatic heterocycles. The molecule has 2 bridgehead atoms. The molecular weight excluding hydrogens is 192 g/mol. The largest absolute Gasteiger partial charge is 0.457 e. The molecule has 3 atom stereocenters. The number of carbonyl (C=O) groups excluding carboxylic acids is 2. The van der Waals surface area contributed by atoms with Gasteiger partial charge in [0.05, 0.1) is 5.41 Å². The number of ether oxygens (including phenoxy) is 1. The first kappa shape index (κ1) is 10.4. The molecule has 2 unspecified atom stereocenters. The Labute approximate surface area is 89.5 Å². The Kier molecular flexibility index (Phi) is 2.41. The Morgan fingerprint density at radius 2 is 2.40 bits per heavy atom. The third-order valence-corrected chi connectivity index (χ3v) is 3.60. The summed E-state index contributed by atoms with van der Waals surface area (Å²) in [6.45, 7) is 3.63. The van der Waals surface area contributed by atoms with Gasteiger partial charge >= 0.3 is 5.97 Å². The van der Waals surface area contributed by atoms with Gasteiger partial charge in [0.25, 0.3) is 0 Å². The van der Waals surface area contributed by atoms with Gasteiger partial charge in [-0.05, 0) is 31.8 Å². The van der Waals surface area contributed by atoms with E-state index in [0.29, 0.717) is 12.8 Å². The van der Waals surface area contributed by atoms with Crippen molar-refractivity contribution in [3.05, 3.63) is 12.2 Å². The second-order valence-corrected chi connectivity index (χ2v) is 4.68. The van der Waals surface area contributed by atoms with Gasteiger partial charge in [0, 0.05) is 6.42 Å². The SMILES string of the molecule is CC(=O)CCC12C=C[C@@H](CC1C)OC2=O. The summed E-state index contributed by atoms with van der Waals surface area (Å²) in [5.74, 6) is 0.272. The lowest BCUT2D eigenvalue weighted by Gasteiger charge is -2.44. The van der Waals surface area contributed by atoms with Crippen molar-refractivity contribution >= 4 is 11.8 Å². The average molecular weight is 208 g/mol. The van der Waals surface area contributed by atoms with Gasteiger partial charge in [0.1, 0.15) is 11.9 Å². The first-order chi connectivity index (χ1) is 7.04. The monoisotopic (exact) mass is 208 g/mol. The highest BCUT2D eigenvalue weighted by Gasteiger charge is 2.50. The number of Topliss-reactive ketones (excluding diaryl/α,β-unsaturated/α-hetero) is 1. The fraction of sp³-hybridized carbons (Fsp3) is 0.667. The fourth-order valence-electron chi connectivity index (χ4n) is 2.50. The van der Waals surface area contributed by atoms with Gasteiger partial charge in [0.15, 0.2) is 0 Å². The van der Waals surface area contributed by atoms with Crippen LogP contribution >= 0.6 is 0 Å². The molecule has 0 saturated carbocycles. The van der Waals surface area contributed by atoms with Crippen LogP contribution in [0.5, 0.6) is 0 Å². The molecule has 3 heteroatoms. The zero-order chi connectivity index (χ0) is 11.1. The van der Waals surface area contributed by atoms with Gasteiger partial charge < -0.3 is 9.53 Å². The average Bonchev–Trinajstić information content (AvgIpc) is 2.16. The van der Waals surface area contributed by atoms with Crippen LogP contribution in [0.2, 0.25) is 0 Å². The molecule has 3 aliphatic rings. The van der Waals surface area contributed by atoms with E-state index < -0.39 is 5.41 Å². The first-order valence-corrected chi connectivity index (χ1v) is 5.44. The maximum absolute atomic E-state index is 11.8. The van der Waals surface area contributed by atoms with Gasteiger partial charge in [0.2, 0.25) is 0 Å². The third kappa shape index (κ3) is 1.60. The molecule has 3 nitrogen and oxygen atoms in total. The normalized spacial score (nSPS) is 37.9. The minimum absolute atomic E-state index is 0.0355. The van der Waals surface area contributed by atoms with Crippen molar-refractivity contribution in [2.45, 2.75) is 39.2 Å². The molecule has 82 valence electrons. The Balaban J connectivity index is 2.21. The molecular formula is C12H16O3. The van der Waals surface area contributed by atoms with Crippen LogP contribution in [0.3, 0.4) is 0 Å². The van der Waals surface area contributed by atoms with Crippen LogP contribution in [-0.4, -0.2) is 17.9 Å². The molecule has 0 aromatic heterocycles. The number of hydrogen-bond donors (Lipinski definition) is 0. The number of ketones is 1. The summed E-state index contributed by atoms with van der Waals surface area (Å²) in [6.07, 6.45) is 5.81. The van der Waals surface area contributed by atoms with E-state index in [2.05, 4.69) is 6.92 Å². The number of rotatable bonds is 3. The maximum Gasteiger partial charge on any atom is 0.316 e. The van der Waals surface area contributed by atoms with Crippen LogP contribution in [0.15, 0.2) is 12.2 Å². The summed E-state index contributed by atoms with van der Waals surface area (Å²) in [6, 6.07) is 0. The van der Waals surface area contributed by atoms with Crippen molar-refractivity contribution in [3.8, 4) is 0 Å². The number of esters is 1. The summed E-state index contributed by atoms with van der Waals surface area (Å²) >= 11 is 0. The van der Waals surface area contributed by atoms with E-state index in [1.807, 2.05) is 12.2 Å². The Bertz CT molecular complexity index is 332. The zero-order valence-corrected chi connectivity index (χ0v) is 9.16. The van der Waals surface area contributed by atoms with Crippen molar-refractivity contribution in [1.29, 1.82) is 0 Å². The highest BCUT2D eigenvalue weighted by atomic mass is 16.5. The van der Waals surface area contributed by atoms with E-state index in [-0.39, 0.29) is 23.8 Å². The lowest BCUT2D eigenvalue weighted by Crippen LogP contribution is -2.48. The van der Waals surface area contributed by atoms with Gasteiger partial charge in [-0.15, -0.1) is 0 Å². The van der Waals surface area contributed by atoms with E-state index in [1.165, 1.54) is 0 Å². The molecule has 15 heavy (non-hydrogen) atoms. The Morgan fingerprint density at radius 1 is 1.67 bits per heavy atom. The van der Waals surface area contributed by atoms with Crippen molar-refractivity contribution in [3.63, 3.8) is 0 Å². The van der Waals surface area contributed by atoms with Crippen LogP contribution in [0.25, 0.3) is 0 Å². The van der Waals surface area contributed by atoms with Gasteiger partial charge in [-0.3, -0.25) is 4.79 Å². The van der Waals surface area contributed by atoms with E-state index in [1.54, 1.807) is 6.92 Å². The highest BCUT2D eigenvalue weighted by molar-refractivity contribution is 5.83. The second kappa shape index (κ2) is 3.47. The predicted octanol–water partition coefficient (Wildman–Crippen LogP) is 1.86. The summed E-state index contributed by atoms with van der Waals surface area (Å²) in [4.78, 5) is 22.8. The molecule has 0 amide bonds. The van der Waals surface area contributed by atoms with Crippen LogP contribution < -0.4 is 0 Å². The van der Waals surface area contributed by atoms with Crippen LogP contribution in [0, 0.1) is 11.3 Å². The van der Waals surface area contributed by atoms with Gasteiger partial charge in [-0.1, -0.05) is 13.0 Å². The molecule has 3 rings (SSSR count). The van der Waals surface area contributed by atoms with Crippen molar-refractivity contribution in [2.24, 2.45) is 11.3 Å². The van der Waals surface area contributed by atoms with Crippen LogP contribution in [0.1, 0.15) is 33.1 Å². The lowest BCUT2D eigenvalue weighted by atomic mass is 9.65. The first-order valence-electron chi connectivity index (χ1n) is 5.44. The topological polar surface area (TPSA) is 43.4 Å². The molecule has 0 spiro atoms. The molecule has 0 aromatic rings. The molecule has 1 fully saturated rings. The summed E-state index contributed by atoms with van der Waals surface area (Å²) < 4.78 is 5.25. The molecule has 0 radical (unpaired) electrons. The van der Waals surface area contributed by atoms with Crippen molar-refractivity contribution in [2.75, 3.05) is 0 Å². The molecule has 0 N–H and O–H groups in total. The zero-order valence-electron chi connectivity index (χ0n) is 9.16. The predicted molar refractivity (Wildman–Crippen MR) is 55.1 cm³/mol. The number of hydrogen-bond acceptors (Lipinski definition) is 3. The molecule has 0 aromatic carbocycles. The number of carbonyl (C=O) groups is 2. The summed E-state index contributed by atoms with van der Waals surface area (Å²) in [7, 11) is 0. The molecule has 1 aliphatic carbocycles. The van der Waals surface area contributed by atoms with Crippen molar-refractivity contribution in [1.82, 2.24) is 0 Å². The van der Waals surface area contributed by atoms with Gasteiger partial charge in [-0.2, -0.15) is 0 Å². The standard InChI is InChI=1S/C12H16O3/c1-8-7-10-4-6-12(8,11(14)15-10)5-3-9(2)13/h4,6,8,10H,3,5,7H2,1-2H3/t8?,10-,12?/m0/s1. The van der Waals surface area contributed by atoms with Crippen molar-refractivity contribution < 1.29 is 14.3 Å². The highest BCUT2D eigenvalue weighted by Crippen LogP contribution is 2.46. The third-order valence-electron chi connectivity index (χ3n) is 3.60. The minimum atomic E-state index is -0.527. The van der Waals surface area contributed by atoms with E-state index in [9.17, 15) is 9.59 Å². The van der Waals surface area contributed by atoms with Gasteiger partial charge in [-0.25, -0.2) is 0 Å². The van der Waals surface area contributed by atoms with E-state index in [4.69, 9.17) is 4.74 Å². The van der Waals surface area contributed by atoms with Crippen LogP contribution in [-0.2, 0) is 14.3 Å². The Hall–Kier alpha value is -1.12. The number of fused-ring (bicyclic) bond motifs is 2. The summed E-state index contributed by atoms with van der Waals surface area (Å²) in [5, 5.41) is 0. The molecule has 2 heterocycles. The lowest BCUT2D eigenvalue weighted by molar-refractivity contribution is -0.171. The fourth-order valence-corrected chi connectivity index (χ4v) is 2.50. The van der Waals surface area contributed by atoms with E-state index in [0.717, 1.165) is 6.42 Å². The Morgan fingerprint density at radius 3 is 2.93 bits per heavy atom. The van der Waals surface area contributed by atoms with Crippen LogP contribution in [0.4, 0.5) is 0 Å².